The number of halogens is 1. The number of carbonyl (C=O) groups excluding carboxylic acids is 1. The number of fused-ring (bicyclic) bond motifs is 2. The summed E-state index contributed by atoms with van der Waals surface area (Å²) in [5.74, 6) is 3.70. The van der Waals surface area contributed by atoms with Gasteiger partial charge in [0.05, 0.1) is 20.8 Å². The van der Waals surface area contributed by atoms with Crippen LogP contribution in [0.2, 0.25) is 0 Å². The van der Waals surface area contributed by atoms with Crippen LogP contribution in [-0.4, -0.2) is 82.0 Å². The van der Waals surface area contributed by atoms with Crippen LogP contribution in [0.25, 0.3) is 0 Å². The molecule has 0 aromatic heterocycles. The Morgan fingerprint density at radius 1 is 1.00 bits per heavy atom. The molecule has 9 heteroatoms. The van der Waals surface area contributed by atoms with Crippen LogP contribution in [-0.2, 0) is 6.42 Å². The quantitative estimate of drug-likeness (QED) is 0.492. The van der Waals surface area contributed by atoms with Gasteiger partial charge in [0.2, 0.25) is 0 Å². The van der Waals surface area contributed by atoms with Crippen molar-refractivity contribution in [3.8, 4) is 28.7 Å². The molecule has 0 aliphatic carbocycles. The van der Waals surface area contributed by atoms with E-state index in [0.717, 1.165) is 80.2 Å². The molecule has 5 rings (SSSR count). The fourth-order valence-corrected chi connectivity index (χ4v) is 5.25. The van der Waals surface area contributed by atoms with Gasteiger partial charge in [-0.2, -0.15) is 0 Å². The number of amides is 1. The van der Waals surface area contributed by atoms with Gasteiger partial charge >= 0.3 is 0 Å². The molecule has 0 radical (unpaired) electrons. The zero-order chi connectivity index (χ0) is 24.2. The molecule has 1 saturated heterocycles. The molecule has 3 aliphatic rings. The van der Waals surface area contributed by atoms with E-state index in [4.69, 9.17) is 23.7 Å². The summed E-state index contributed by atoms with van der Waals surface area (Å²) >= 11 is 0. The molecule has 3 aliphatic heterocycles. The van der Waals surface area contributed by atoms with Crippen molar-refractivity contribution in [2.75, 3.05) is 60.2 Å². The average Bonchev–Trinajstić information content (AvgIpc) is 2.90. The Labute approximate surface area is 218 Å². The van der Waals surface area contributed by atoms with Gasteiger partial charge < -0.3 is 33.5 Å². The number of methoxy groups -OCH3 is 2. The second-order valence-corrected chi connectivity index (χ2v) is 9.22. The summed E-state index contributed by atoms with van der Waals surface area (Å²) in [4.78, 5) is 17.9. The summed E-state index contributed by atoms with van der Waals surface area (Å²) in [6, 6.07) is 9.73. The lowest BCUT2D eigenvalue weighted by atomic mass is 9.94. The largest absolute Gasteiger partial charge is 0.493 e. The van der Waals surface area contributed by atoms with Gasteiger partial charge in [0, 0.05) is 37.3 Å². The molecule has 2 aromatic rings. The molecule has 0 bridgehead atoms. The Morgan fingerprint density at radius 3 is 2.58 bits per heavy atom. The number of piperidine rings is 1. The Bertz CT molecular complexity index is 1060. The minimum atomic E-state index is 0. The van der Waals surface area contributed by atoms with Crippen LogP contribution in [0.4, 0.5) is 0 Å². The number of nitrogens with zero attached hydrogens (tertiary/aromatic N) is 2. The van der Waals surface area contributed by atoms with Crippen LogP contribution in [0.1, 0.15) is 35.2 Å². The number of hydrogen-bond donors (Lipinski definition) is 0. The molecule has 2 aromatic carbocycles. The predicted molar refractivity (Wildman–Crippen MR) is 139 cm³/mol. The zero-order valence-corrected chi connectivity index (χ0v) is 21.8. The van der Waals surface area contributed by atoms with Gasteiger partial charge in [-0.05, 0) is 62.1 Å². The first-order chi connectivity index (χ1) is 17.2. The molecule has 0 N–H and O–H groups in total. The molecule has 1 atom stereocenters. The highest BCUT2D eigenvalue weighted by Gasteiger charge is 2.33. The number of ether oxygens (including phenoxy) is 5. The number of benzene rings is 2. The summed E-state index contributed by atoms with van der Waals surface area (Å²) in [7, 11) is 3.23. The first kappa shape index (κ1) is 26.2. The van der Waals surface area contributed by atoms with Gasteiger partial charge in [0.15, 0.2) is 23.0 Å². The van der Waals surface area contributed by atoms with Gasteiger partial charge in [0.25, 0.3) is 5.91 Å². The first-order valence-corrected chi connectivity index (χ1v) is 12.5. The molecule has 3 heterocycles. The lowest BCUT2D eigenvalue weighted by Crippen LogP contribution is -2.52. The van der Waals surface area contributed by atoms with Gasteiger partial charge in [-0.3, -0.25) is 4.79 Å². The topological polar surface area (TPSA) is 69.7 Å². The SMILES string of the molecule is COc1cc2c(cc1OC)C(=O)N(C1CCCN(CCCOc3ccc4c(c3)OCCO4)C1)CC2.Cl. The summed E-state index contributed by atoms with van der Waals surface area (Å²) in [5.41, 5.74) is 1.77. The molecule has 196 valence electrons. The Morgan fingerprint density at radius 2 is 1.78 bits per heavy atom. The van der Waals surface area contributed by atoms with Crippen LogP contribution in [0.15, 0.2) is 30.3 Å². The summed E-state index contributed by atoms with van der Waals surface area (Å²) in [6.07, 6.45) is 3.89. The normalized spacial score (nSPS) is 19.2. The van der Waals surface area contributed by atoms with Gasteiger partial charge in [-0.25, -0.2) is 0 Å². The van der Waals surface area contributed by atoms with E-state index in [1.54, 1.807) is 14.2 Å². The van der Waals surface area contributed by atoms with E-state index >= 15 is 0 Å². The fourth-order valence-electron chi connectivity index (χ4n) is 5.25. The Hall–Kier alpha value is -2.84. The molecule has 1 fully saturated rings. The highest BCUT2D eigenvalue weighted by molar-refractivity contribution is 5.97. The first-order valence-electron chi connectivity index (χ1n) is 12.5. The van der Waals surface area contributed by atoms with Crippen molar-refractivity contribution in [1.29, 1.82) is 0 Å². The van der Waals surface area contributed by atoms with Crippen molar-refractivity contribution < 1.29 is 28.5 Å². The molecular formula is C27H35ClN2O6. The van der Waals surface area contributed by atoms with Crippen molar-refractivity contribution in [2.45, 2.75) is 31.7 Å². The minimum Gasteiger partial charge on any atom is -0.493 e. The lowest BCUT2D eigenvalue weighted by Gasteiger charge is -2.41. The third-order valence-corrected chi connectivity index (χ3v) is 7.05. The van der Waals surface area contributed by atoms with Crippen molar-refractivity contribution >= 4 is 18.3 Å². The number of hydrogen-bond acceptors (Lipinski definition) is 7. The monoisotopic (exact) mass is 518 g/mol. The smallest absolute Gasteiger partial charge is 0.254 e. The molecule has 36 heavy (non-hydrogen) atoms. The summed E-state index contributed by atoms with van der Waals surface area (Å²) < 4.78 is 28.0. The minimum absolute atomic E-state index is 0. The molecule has 0 saturated carbocycles. The zero-order valence-electron chi connectivity index (χ0n) is 21.0. The lowest BCUT2D eigenvalue weighted by molar-refractivity contribution is 0.0517. The highest BCUT2D eigenvalue weighted by Crippen LogP contribution is 2.35. The molecule has 0 spiro atoms. The Balaban J connectivity index is 0.00000304. The predicted octanol–water partition coefficient (Wildman–Crippen LogP) is 3.83. The van der Waals surface area contributed by atoms with Crippen LogP contribution >= 0.6 is 12.4 Å². The maximum absolute atomic E-state index is 13.4. The third-order valence-electron chi connectivity index (χ3n) is 7.05. The second-order valence-electron chi connectivity index (χ2n) is 9.22. The average molecular weight is 519 g/mol. The third kappa shape index (κ3) is 5.60. The van der Waals surface area contributed by atoms with Gasteiger partial charge in [-0.1, -0.05) is 0 Å². The van der Waals surface area contributed by atoms with E-state index in [-0.39, 0.29) is 24.4 Å². The van der Waals surface area contributed by atoms with Crippen LogP contribution < -0.4 is 23.7 Å². The van der Waals surface area contributed by atoms with Crippen molar-refractivity contribution in [3.05, 3.63) is 41.5 Å². The van der Waals surface area contributed by atoms with E-state index in [1.807, 2.05) is 30.3 Å². The van der Waals surface area contributed by atoms with E-state index in [2.05, 4.69) is 9.80 Å². The van der Waals surface area contributed by atoms with Gasteiger partial charge in [-0.15, -0.1) is 12.4 Å². The van der Waals surface area contributed by atoms with Gasteiger partial charge in [0.1, 0.15) is 19.0 Å². The maximum atomic E-state index is 13.4. The Kier molecular flexibility index (Phi) is 8.69. The summed E-state index contributed by atoms with van der Waals surface area (Å²) in [5, 5.41) is 0. The number of rotatable bonds is 8. The fraction of sp³-hybridized carbons (Fsp3) is 0.519. The molecular weight excluding hydrogens is 484 g/mol. The number of likely N-dealkylation sites (tertiary alicyclic amines) is 1. The second kappa shape index (κ2) is 11.9. The van der Waals surface area contributed by atoms with E-state index in [1.165, 1.54) is 0 Å². The van der Waals surface area contributed by atoms with Crippen LogP contribution in [0.5, 0.6) is 28.7 Å². The summed E-state index contributed by atoms with van der Waals surface area (Å²) in [6.45, 7) is 5.45. The maximum Gasteiger partial charge on any atom is 0.254 e. The van der Waals surface area contributed by atoms with E-state index in [9.17, 15) is 4.79 Å². The van der Waals surface area contributed by atoms with Crippen molar-refractivity contribution in [3.63, 3.8) is 0 Å². The highest BCUT2D eigenvalue weighted by atomic mass is 35.5. The molecule has 8 nitrogen and oxygen atoms in total. The van der Waals surface area contributed by atoms with E-state index in [0.29, 0.717) is 31.3 Å². The van der Waals surface area contributed by atoms with Crippen molar-refractivity contribution in [1.82, 2.24) is 9.80 Å². The van der Waals surface area contributed by atoms with E-state index < -0.39 is 0 Å². The van der Waals surface area contributed by atoms with Crippen LogP contribution in [0.3, 0.4) is 0 Å². The van der Waals surface area contributed by atoms with Crippen molar-refractivity contribution in [2.24, 2.45) is 0 Å². The standard InChI is InChI=1S/C27H34N2O6.ClH/c1-31-24-15-19-8-11-29(27(30)22(19)17-25(24)32-2)20-5-3-9-28(18-20)10-4-12-33-21-6-7-23-26(16-21)35-14-13-34-23;/h6-7,15-17,20H,3-5,8-14,18H2,1-2H3;1H. The molecule has 1 unspecified atom stereocenters. The molecule has 1 amide bonds. The van der Waals surface area contributed by atoms with Crippen LogP contribution in [0, 0.1) is 0 Å². The number of carbonyl (C=O) groups is 1.